The van der Waals surface area contributed by atoms with Gasteiger partial charge in [-0.05, 0) is 42.5 Å². The summed E-state index contributed by atoms with van der Waals surface area (Å²) in [5, 5.41) is 8.85. The molecule has 0 aliphatic carbocycles. The highest BCUT2D eigenvalue weighted by Gasteiger charge is 2.07. The van der Waals surface area contributed by atoms with Crippen LogP contribution >= 0.6 is 35.3 Å². The molecule has 0 radical (unpaired) electrons. The lowest BCUT2D eigenvalue weighted by atomic mass is 10.1. The lowest BCUT2D eigenvalue weighted by Gasteiger charge is -2.15. The molecule has 0 amide bonds. The topological polar surface area (TPSA) is 54.9 Å². The Balaban J connectivity index is 0.00000364. The quantitative estimate of drug-likeness (QED) is 0.233. The van der Waals surface area contributed by atoms with E-state index in [4.69, 9.17) is 9.47 Å². The van der Waals surface area contributed by atoms with E-state index in [9.17, 15) is 0 Å². The average Bonchev–Trinajstić information content (AvgIpc) is 3.05. The van der Waals surface area contributed by atoms with Crippen molar-refractivity contribution < 1.29 is 9.47 Å². The molecule has 1 aromatic carbocycles. The van der Waals surface area contributed by atoms with Gasteiger partial charge in [-0.15, -0.1) is 35.3 Å². The molecule has 0 aliphatic rings. The number of hydrogen-bond acceptors (Lipinski definition) is 4. The largest absolute Gasteiger partial charge is 0.493 e. The van der Waals surface area contributed by atoms with Gasteiger partial charge in [-0.3, -0.25) is 4.99 Å². The molecule has 0 bridgehead atoms. The van der Waals surface area contributed by atoms with Crippen LogP contribution in [0, 0.1) is 13.8 Å². The predicted molar refractivity (Wildman–Crippen MR) is 125 cm³/mol. The van der Waals surface area contributed by atoms with Gasteiger partial charge in [0.2, 0.25) is 0 Å². The van der Waals surface area contributed by atoms with Crippen molar-refractivity contribution in [1.82, 2.24) is 10.6 Å². The number of aliphatic imine (C=N–C) groups is 1. The van der Waals surface area contributed by atoms with Gasteiger partial charge in [0.25, 0.3) is 0 Å². The molecule has 1 aromatic heterocycles. The SMILES string of the molecule is CN=C(NCc1ccc(C)cc1OCCCOC)NCc1sccc1C.I. The maximum absolute atomic E-state index is 5.94. The molecule has 0 aliphatic heterocycles. The van der Waals surface area contributed by atoms with Crippen LogP contribution in [-0.2, 0) is 17.8 Å². The van der Waals surface area contributed by atoms with Crippen molar-refractivity contribution in [2.24, 2.45) is 4.99 Å². The van der Waals surface area contributed by atoms with E-state index < -0.39 is 0 Å². The predicted octanol–water partition coefficient (Wildman–Crippen LogP) is 4.26. The third-order valence-corrected chi connectivity index (χ3v) is 5.05. The Bertz CT molecular complexity index is 719. The summed E-state index contributed by atoms with van der Waals surface area (Å²) in [5.41, 5.74) is 3.61. The Labute approximate surface area is 183 Å². The van der Waals surface area contributed by atoms with Crippen molar-refractivity contribution >= 4 is 41.3 Å². The van der Waals surface area contributed by atoms with Crippen LogP contribution < -0.4 is 15.4 Å². The fourth-order valence-corrected chi connectivity index (χ4v) is 3.32. The number of ether oxygens (including phenoxy) is 2. The van der Waals surface area contributed by atoms with E-state index in [-0.39, 0.29) is 24.0 Å². The summed E-state index contributed by atoms with van der Waals surface area (Å²) in [7, 11) is 3.49. The van der Waals surface area contributed by atoms with Crippen LogP contribution in [0.5, 0.6) is 5.75 Å². The minimum absolute atomic E-state index is 0. The summed E-state index contributed by atoms with van der Waals surface area (Å²) in [6, 6.07) is 8.42. The molecule has 1 heterocycles. The molecule has 2 N–H and O–H groups in total. The number of hydrogen-bond donors (Lipinski definition) is 2. The number of guanidine groups is 1. The van der Waals surface area contributed by atoms with Gasteiger partial charge in [-0.2, -0.15) is 0 Å². The van der Waals surface area contributed by atoms with Crippen LogP contribution in [0.25, 0.3) is 0 Å². The molecule has 0 spiro atoms. The fourth-order valence-electron chi connectivity index (χ4n) is 2.48. The first-order valence-electron chi connectivity index (χ1n) is 8.82. The highest BCUT2D eigenvalue weighted by molar-refractivity contribution is 14.0. The van der Waals surface area contributed by atoms with Gasteiger partial charge in [-0.25, -0.2) is 0 Å². The minimum Gasteiger partial charge on any atom is -0.493 e. The van der Waals surface area contributed by atoms with Gasteiger partial charge >= 0.3 is 0 Å². The Kier molecular flexibility index (Phi) is 11.4. The number of thiophene rings is 1. The Morgan fingerprint density at radius 3 is 2.56 bits per heavy atom. The summed E-state index contributed by atoms with van der Waals surface area (Å²) >= 11 is 1.76. The van der Waals surface area contributed by atoms with Crippen LogP contribution in [0.2, 0.25) is 0 Å². The molecule has 2 rings (SSSR count). The third-order valence-electron chi connectivity index (χ3n) is 4.03. The molecule has 150 valence electrons. The molecule has 0 saturated carbocycles. The van der Waals surface area contributed by atoms with E-state index in [2.05, 4.69) is 59.1 Å². The van der Waals surface area contributed by atoms with E-state index in [0.29, 0.717) is 19.8 Å². The van der Waals surface area contributed by atoms with E-state index in [0.717, 1.165) is 30.2 Å². The van der Waals surface area contributed by atoms with Gasteiger partial charge in [-0.1, -0.05) is 12.1 Å². The van der Waals surface area contributed by atoms with E-state index in [1.54, 1.807) is 25.5 Å². The molecule has 7 heteroatoms. The summed E-state index contributed by atoms with van der Waals surface area (Å²) in [5.74, 6) is 1.70. The zero-order valence-electron chi connectivity index (χ0n) is 16.5. The van der Waals surface area contributed by atoms with Crippen molar-refractivity contribution in [3.8, 4) is 5.75 Å². The first kappa shape index (κ1) is 23.7. The second kappa shape index (κ2) is 13.0. The van der Waals surface area contributed by atoms with E-state index in [1.165, 1.54) is 16.0 Å². The summed E-state index contributed by atoms with van der Waals surface area (Å²) in [6.45, 7) is 6.99. The minimum atomic E-state index is 0. The molecular formula is C20H30IN3O2S. The van der Waals surface area contributed by atoms with Crippen molar-refractivity contribution in [3.05, 3.63) is 51.2 Å². The molecule has 0 fully saturated rings. The lowest BCUT2D eigenvalue weighted by Crippen LogP contribution is -2.36. The van der Waals surface area contributed by atoms with Gasteiger partial charge in [0.15, 0.2) is 5.96 Å². The van der Waals surface area contributed by atoms with Crippen molar-refractivity contribution in [1.29, 1.82) is 0 Å². The summed E-state index contributed by atoms with van der Waals surface area (Å²) in [4.78, 5) is 5.63. The Hall–Kier alpha value is -1.32. The number of nitrogens with one attached hydrogen (secondary N) is 2. The summed E-state index contributed by atoms with van der Waals surface area (Å²) < 4.78 is 11.0. The maximum Gasteiger partial charge on any atom is 0.191 e. The Morgan fingerprint density at radius 1 is 1.11 bits per heavy atom. The number of methoxy groups -OCH3 is 1. The Morgan fingerprint density at radius 2 is 1.89 bits per heavy atom. The highest BCUT2D eigenvalue weighted by atomic mass is 127. The van der Waals surface area contributed by atoms with E-state index in [1.807, 2.05) is 0 Å². The van der Waals surface area contributed by atoms with Gasteiger partial charge in [0.05, 0.1) is 13.2 Å². The molecule has 0 saturated heterocycles. The van der Waals surface area contributed by atoms with Crippen molar-refractivity contribution in [2.75, 3.05) is 27.4 Å². The zero-order valence-corrected chi connectivity index (χ0v) is 19.6. The van der Waals surface area contributed by atoms with Gasteiger partial charge < -0.3 is 20.1 Å². The summed E-state index contributed by atoms with van der Waals surface area (Å²) in [6.07, 6.45) is 0.876. The van der Waals surface area contributed by atoms with Crippen LogP contribution in [-0.4, -0.2) is 33.3 Å². The zero-order chi connectivity index (χ0) is 18.8. The van der Waals surface area contributed by atoms with Gasteiger partial charge in [0, 0.05) is 44.2 Å². The molecule has 27 heavy (non-hydrogen) atoms. The molecule has 0 atom stereocenters. The highest BCUT2D eigenvalue weighted by Crippen LogP contribution is 2.20. The molecular weight excluding hydrogens is 473 g/mol. The van der Waals surface area contributed by atoms with Crippen LogP contribution in [0.3, 0.4) is 0 Å². The molecule has 2 aromatic rings. The first-order valence-corrected chi connectivity index (χ1v) is 9.70. The number of rotatable bonds is 9. The normalized spacial score (nSPS) is 11.0. The van der Waals surface area contributed by atoms with Crippen molar-refractivity contribution in [2.45, 2.75) is 33.4 Å². The number of halogens is 1. The fraction of sp³-hybridized carbons (Fsp3) is 0.450. The number of aryl methyl sites for hydroxylation is 2. The monoisotopic (exact) mass is 503 g/mol. The standard InChI is InChI=1S/C20H29N3O2S.HI/c1-15-6-7-17(18(12-15)25-10-5-9-24-4)13-22-20(21-3)23-14-19-16(2)8-11-26-19;/h6-8,11-12H,5,9-10,13-14H2,1-4H3,(H2,21,22,23);1H. The maximum atomic E-state index is 5.94. The van der Waals surface area contributed by atoms with Crippen LogP contribution in [0.15, 0.2) is 34.6 Å². The molecule has 5 nitrogen and oxygen atoms in total. The number of nitrogens with zero attached hydrogens (tertiary/aromatic N) is 1. The smallest absolute Gasteiger partial charge is 0.191 e. The van der Waals surface area contributed by atoms with Crippen molar-refractivity contribution in [3.63, 3.8) is 0 Å². The lowest BCUT2D eigenvalue weighted by molar-refractivity contribution is 0.172. The average molecular weight is 503 g/mol. The van der Waals surface area contributed by atoms with Crippen LogP contribution in [0.4, 0.5) is 0 Å². The second-order valence-corrected chi connectivity index (χ2v) is 7.11. The van der Waals surface area contributed by atoms with Crippen LogP contribution in [0.1, 0.15) is 28.0 Å². The molecule has 0 unspecified atom stereocenters. The van der Waals surface area contributed by atoms with E-state index >= 15 is 0 Å². The van der Waals surface area contributed by atoms with Gasteiger partial charge in [0.1, 0.15) is 5.75 Å². The second-order valence-electron chi connectivity index (χ2n) is 6.11. The first-order chi connectivity index (χ1) is 12.6. The number of benzene rings is 1. The third kappa shape index (κ3) is 8.06.